The van der Waals surface area contributed by atoms with E-state index in [-0.39, 0.29) is 40.0 Å². The number of anilines is 1. The first kappa shape index (κ1) is 34.8. The van der Waals surface area contributed by atoms with Gasteiger partial charge in [0.15, 0.2) is 17.3 Å². The SMILES string of the molecule is CC(C)C.COc1ccccc1Oc1c(NS(=O)(=O)c2ccc(C(C)(C)C)cc2)nc(C)nc1OCCOC(C)(C)C. The third-order valence-electron chi connectivity index (χ3n) is 5.35. The van der Waals surface area contributed by atoms with Crippen LogP contribution in [0.4, 0.5) is 5.82 Å². The second kappa shape index (κ2) is 14.7. The fourth-order valence-electron chi connectivity index (χ4n) is 3.42. The molecule has 1 N–H and O–H groups in total. The number of nitrogens with one attached hydrogen (secondary N) is 1. The number of rotatable bonds is 10. The van der Waals surface area contributed by atoms with Crippen LogP contribution in [0.1, 0.15) is 73.7 Å². The number of ether oxygens (including phenoxy) is 4. The standard InChI is InChI=1S/C28H37N3O6S.C4H10/c1-19-29-25(31-38(32,33)21-15-13-20(14-16-21)27(2,3)4)24(37-23-12-10-9-11-22(23)34-8)26(30-19)35-17-18-36-28(5,6)7;1-4(2)3/h9-16H,17-18H2,1-8H3,(H,29,30,31);4H,1-3H3. The van der Waals surface area contributed by atoms with Crippen molar-refractivity contribution in [3.8, 4) is 23.1 Å². The second-order valence-electron chi connectivity index (χ2n) is 12.4. The number of aryl methyl sites for hydroxylation is 1. The normalized spacial score (nSPS) is 11.9. The molecule has 3 aromatic rings. The maximum atomic E-state index is 13.4. The Kier molecular flexibility index (Phi) is 12.2. The third-order valence-corrected chi connectivity index (χ3v) is 6.70. The Bertz CT molecular complexity index is 1390. The Labute approximate surface area is 252 Å². The van der Waals surface area contributed by atoms with E-state index < -0.39 is 10.0 Å². The molecule has 9 nitrogen and oxygen atoms in total. The fraction of sp³-hybridized carbons (Fsp3) is 0.500. The molecule has 10 heteroatoms. The summed E-state index contributed by atoms with van der Waals surface area (Å²) in [4.78, 5) is 8.80. The van der Waals surface area contributed by atoms with Crippen LogP contribution in [0.2, 0.25) is 0 Å². The van der Waals surface area contributed by atoms with Crippen molar-refractivity contribution in [3.05, 3.63) is 59.9 Å². The molecule has 0 radical (unpaired) electrons. The average molecular weight is 602 g/mol. The Hall–Kier alpha value is -3.37. The monoisotopic (exact) mass is 601 g/mol. The Balaban J connectivity index is 0.00000144. The Morgan fingerprint density at radius 3 is 1.95 bits per heavy atom. The summed E-state index contributed by atoms with van der Waals surface area (Å²) in [7, 11) is -2.50. The zero-order valence-electron chi connectivity index (χ0n) is 26.9. The fourth-order valence-corrected chi connectivity index (χ4v) is 4.42. The first-order valence-electron chi connectivity index (χ1n) is 14.0. The molecule has 0 fully saturated rings. The van der Waals surface area contributed by atoms with Crippen molar-refractivity contribution >= 4 is 15.8 Å². The van der Waals surface area contributed by atoms with Crippen LogP contribution in [0, 0.1) is 12.8 Å². The van der Waals surface area contributed by atoms with Gasteiger partial charge in [-0.25, -0.2) is 13.4 Å². The van der Waals surface area contributed by atoms with E-state index >= 15 is 0 Å². The maximum Gasteiger partial charge on any atom is 0.263 e. The van der Waals surface area contributed by atoms with E-state index in [1.54, 1.807) is 55.5 Å². The molecule has 0 aliphatic carbocycles. The largest absolute Gasteiger partial charge is 0.493 e. The van der Waals surface area contributed by atoms with Gasteiger partial charge in [0.05, 0.1) is 24.2 Å². The number of hydrogen-bond donors (Lipinski definition) is 1. The average Bonchev–Trinajstić information content (AvgIpc) is 2.87. The second-order valence-corrected chi connectivity index (χ2v) is 14.1. The molecule has 0 bridgehead atoms. The molecule has 1 aromatic heterocycles. The van der Waals surface area contributed by atoms with Crippen LogP contribution in [-0.2, 0) is 20.2 Å². The third kappa shape index (κ3) is 11.1. The van der Waals surface area contributed by atoms with Crippen LogP contribution in [-0.4, -0.2) is 44.3 Å². The van der Waals surface area contributed by atoms with Crippen LogP contribution in [0.15, 0.2) is 53.4 Å². The van der Waals surface area contributed by atoms with Gasteiger partial charge >= 0.3 is 0 Å². The van der Waals surface area contributed by atoms with Gasteiger partial charge in [0, 0.05) is 0 Å². The zero-order chi connectivity index (χ0) is 31.7. The van der Waals surface area contributed by atoms with Gasteiger partial charge < -0.3 is 18.9 Å². The van der Waals surface area contributed by atoms with Gasteiger partial charge in [-0.05, 0) is 68.9 Å². The molecule has 42 heavy (non-hydrogen) atoms. The van der Waals surface area contributed by atoms with Crippen LogP contribution in [0.5, 0.6) is 23.1 Å². The quantitative estimate of drug-likeness (QED) is 0.237. The molecule has 0 saturated carbocycles. The lowest BCUT2D eigenvalue weighted by Crippen LogP contribution is -2.23. The van der Waals surface area contributed by atoms with Crippen molar-refractivity contribution in [1.29, 1.82) is 0 Å². The lowest BCUT2D eigenvalue weighted by molar-refractivity contribution is -0.0170. The zero-order valence-corrected chi connectivity index (χ0v) is 27.7. The molecule has 1 heterocycles. The van der Waals surface area contributed by atoms with Gasteiger partial charge in [-0.3, -0.25) is 4.72 Å². The number of benzene rings is 2. The van der Waals surface area contributed by atoms with Gasteiger partial charge in [0.25, 0.3) is 15.9 Å². The molecule has 2 aromatic carbocycles. The summed E-state index contributed by atoms with van der Waals surface area (Å²) >= 11 is 0. The van der Waals surface area contributed by atoms with Crippen molar-refractivity contribution < 1.29 is 27.4 Å². The number of hydrogen-bond acceptors (Lipinski definition) is 8. The number of para-hydroxylation sites is 2. The summed E-state index contributed by atoms with van der Waals surface area (Å²) in [5.74, 6) is 1.93. The van der Waals surface area contributed by atoms with Crippen LogP contribution in [0.25, 0.3) is 0 Å². The van der Waals surface area contributed by atoms with E-state index in [1.807, 2.05) is 20.8 Å². The molecule has 3 rings (SSSR count). The van der Waals surface area contributed by atoms with Crippen molar-refractivity contribution in [2.24, 2.45) is 5.92 Å². The van der Waals surface area contributed by atoms with E-state index in [0.29, 0.717) is 23.9 Å². The number of sulfonamides is 1. The minimum absolute atomic E-state index is 0.00532. The van der Waals surface area contributed by atoms with E-state index in [1.165, 1.54) is 7.11 Å². The minimum Gasteiger partial charge on any atom is -0.493 e. The number of nitrogens with zero attached hydrogens (tertiary/aromatic N) is 2. The molecule has 0 spiro atoms. The van der Waals surface area contributed by atoms with E-state index in [0.717, 1.165) is 11.5 Å². The molecule has 0 saturated heterocycles. The Morgan fingerprint density at radius 1 is 0.857 bits per heavy atom. The first-order valence-corrected chi connectivity index (χ1v) is 15.5. The highest BCUT2D eigenvalue weighted by Gasteiger charge is 2.25. The minimum atomic E-state index is -4.02. The highest BCUT2D eigenvalue weighted by Crippen LogP contribution is 2.40. The van der Waals surface area contributed by atoms with Gasteiger partial charge in [0.2, 0.25) is 5.75 Å². The van der Waals surface area contributed by atoms with Crippen LogP contribution < -0.4 is 18.9 Å². The summed E-state index contributed by atoms with van der Waals surface area (Å²) in [5.41, 5.74) is 0.561. The summed E-state index contributed by atoms with van der Waals surface area (Å²) in [6.07, 6.45) is 0. The summed E-state index contributed by atoms with van der Waals surface area (Å²) in [5, 5.41) is 0. The molecule has 232 valence electrons. The number of aromatic nitrogens is 2. The van der Waals surface area contributed by atoms with Crippen molar-refractivity contribution in [2.75, 3.05) is 25.0 Å². The molecule has 0 aliphatic rings. The highest BCUT2D eigenvalue weighted by molar-refractivity contribution is 7.92. The van der Waals surface area contributed by atoms with Crippen LogP contribution >= 0.6 is 0 Å². The van der Waals surface area contributed by atoms with Crippen molar-refractivity contribution in [2.45, 2.75) is 85.1 Å². The summed E-state index contributed by atoms with van der Waals surface area (Å²) < 4.78 is 52.5. The van der Waals surface area contributed by atoms with Gasteiger partial charge in [-0.2, -0.15) is 4.98 Å². The molecular formula is C32H47N3O6S. The smallest absolute Gasteiger partial charge is 0.263 e. The van der Waals surface area contributed by atoms with Crippen molar-refractivity contribution in [3.63, 3.8) is 0 Å². The Morgan fingerprint density at radius 2 is 1.43 bits per heavy atom. The summed E-state index contributed by atoms with van der Waals surface area (Å²) in [6.45, 7) is 20.6. The lowest BCUT2D eigenvalue weighted by atomic mass is 9.87. The van der Waals surface area contributed by atoms with E-state index in [9.17, 15) is 8.42 Å². The predicted octanol–water partition coefficient (Wildman–Crippen LogP) is 7.54. The van der Waals surface area contributed by atoms with Gasteiger partial charge in [-0.1, -0.05) is 65.8 Å². The van der Waals surface area contributed by atoms with Gasteiger partial charge in [0.1, 0.15) is 12.4 Å². The van der Waals surface area contributed by atoms with Gasteiger partial charge in [-0.15, -0.1) is 0 Å². The number of methoxy groups -OCH3 is 1. The van der Waals surface area contributed by atoms with E-state index in [4.69, 9.17) is 18.9 Å². The molecule has 0 aliphatic heterocycles. The topological polar surface area (TPSA) is 109 Å². The first-order chi connectivity index (χ1) is 19.4. The molecule has 0 amide bonds. The van der Waals surface area contributed by atoms with Crippen LogP contribution in [0.3, 0.4) is 0 Å². The van der Waals surface area contributed by atoms with Crippen molar-refractivity contribution in [1.82, 2.24) is 9.97 Å². The lowest BCUT2D eigenvalue weighted by Gasteiger charge is -2.21. The molecule has 0 unspecified atom stereocenters. The summed E-state index contributed by atoms with van der Waals surface area (Å²) in [6, 6.07) is 13.7. The molecular weight excluding hydrogens is 554 g/mol. The molecule has 0 atom stereocenters. The predicted molar refractivity (Wildman–Crippen MR) is 167 cm³/mol. The highest BCUT2D eigenvalue weighted by atomic mass is 32.2. The van der Waals surface area contributed by atoms with E-state index in [2.05, 4.69) is 56.2 Å². The maximum absolute atomic E-state index is 13.4.